The zero-order valence-corrected chi connectivity index (χ0v) is 6.37. The molecule has 0 N–H and O–H groups in total. The number of hydrogen-bond acceptors (Lipinski definition) is 1. The molecule has 0 saturated carbocycles. The van der Waals surface area contributed by atoms with E-state index in [1.54, 1.807) is 5.37 Å². The van der Waals surface area contributed by atoms with Gasteiger partial charge in [0.25, 0.3) is 0 Å². The molecule has 0 nitrogen and oxygen atoms in total. The van der Waals surface area contributed by atoms with Gasteiger partial charge in [0.2, 0.25) is 0 Å². The van der Waals surface area contributed by atoms with Crippen molar-refractivity contribution >= 4 is 17.6 Å². The zero-order valence-electron chi connectivity index (χ0n) is 5.55. The maximum Gasteiger partial charge on any atom is -0.00291 e. The van der Waals surface area contributed by atoms with Gasteiger partial charge in [-0.2, -0.15) is 0 Å². The number of thiocarbonyl (C=S) groups is 1. The molecule has 47 valence electrons. The van der Waals surface area contributed by atoms with Gasteiger partial charge >= 0.3 is 0 Å². The van der Waals surface area contributed by atoms with E-state index in [9.17, 15) is 0 Å². The average molecular weight is 129 g/mol. The molecule has 0 heterocycles. The fourth-order valence-electron chi connectivity index (χ4n) is 0.686. The van der Waals surface area contributed by atoms with Crippen molar-refractivity contribution in [2.75, 3.05) is 0 Å². The molecule has 1 atom stereocenters. The Hall–Kier alpha value is 0.0900. The van der Waals surface area contributed by atoms with Gasteiger partial charge in [0.05, 0.1) is 0 Å². The van der Waals surface area contributed by atoms with Gasteiger partial charge in [-0.25, -0.2) is 0 Å². The second kappa shape index (κ2) is 5.23. The van der Waals surface area contributed by atoms with Crippen LogP contribution in [0.2, 0.25) is 0 Å². The average Bonchev–Trinajstić information content (AvgIpc) is 1.68. The Kier molecular flexibility index (Phi) is 5.29. The van der Waals surface area contributed by atoms with Crippen molar-refractivity contribution < 1.29 is 0 Å². The summed E-state index contributed by atoms with van der Waals surface area (Å²) in [5.74, 6) is 0.678. The van der Waals surface area contributed by atoms with Gasteiger partial charge in [0, 0.05) is 0 Å². The Balaban J connectivity index is 3.03. The molecule has 0 saturated heterocycles. The molecule has 1 heteroatoms. The lowest BCUT2D eigenvalue weighted by Crippen LogP contribution is -1.93. The van der Waals surface area contributed by atoms with Crippen LogP contribution in [0.3, 0.4) is 0 Å². The van der Waals surface area contributed by atoms with Crippen molar-refractivity contribution in [1.82, 2.24) is 0 Å². The van der Waals surface area contributed by atoms with Crippen LogP contribution in [0.25, 0.3) is 0 Å². The van der Waals surface area contributed by atoms with E-state index in [2.05, 4.69) is 32.5 Å². The van der Waals surface area contributed by atoms with Crippen molar-refractivity contribution in [1.29, 1.82) is 0 Å². The Morgan fingerprint density at radius 1 is 1.62 bits per heavy atom. The van der Waals surface area contributed by atoms with Crippen molar-refractivity contribution in [2.24, 2.45) is 5.92 Å². The highest BCUT2D eigenvalue weighted by molar-refractivity contribution is 7.79. The molecule has 0 rings (SSSR count). The minimum absolute atomic E-state index is 0.678. The largest absolute Gasteiger partial charge is 0.0931 e. The lowest BCUT2D eigenvalue weighted by Gasteiger charge is -2.02. The highest BCUT2D eigenvalue weighted by Crippen LogP contribution is 2.06. The van der Waals surface area contributed by atoms with Crippen LogP contribution in [0.15, 0.2) is 0 Å². The first-order valence-corrected chi connectivity index (χ1v) is 3.57. The Labute approximate surface area is 57.3 Å². The standard InChI is InChI=1S/C7H13S/c1-3-4-7(2)5-6-8/h5-7H,3-4H2,1-2H3. The number of hydrogen-bond donors (Lipinski definition) is 0. The molecule has 1 unspecified atom stereocenters. The first-order chi connectivity index (χ1) is 3.81. The summed E-state index contributed by atoms with van der Waals surface area (Å²) in [5, 5.41) is 1.71. The predicted octanol–water partition coefficient (Wildman–Crippen LogP) is 2.63. The van der Waals surface area contributed by atoms with Crippen molar-refractivity contribution in [3.05, 3.63) is 6.42 Å². The van der Waals surface area contributed by atoms with Crippen LogP contribution >= 0.6 is 12.2 Å². The van der Waals surface area contributed by atoms with Crippen LogP contribution in [0.1, 0.15) is 26.7 Å². The van der Waals surface area contributed by atoms with Gasteiger partial charge in [0.15, 0.2) is 0 Å². The summed E-state index contributed by atoms with van der Waals surface area (Å²) in [6.07, 6.45) is 4.58. The third-order valence-corrected chi connectivity index (χ3v) is 1.31. The molecule has 0 aromatic heterocycles. The monoisotopic (exact) mass is 129 g/mol. The normalized spacial score (nSPS) is 13.2. The third kappa shape index (κ3) is 4.25. The summed E-state index contributed by atoms with van der Waals surface area (Å²) < 4.78 is 0. The topological polar surface area (TPSA) is 0 Å². The molecule has 0 amide bonds. The van der Waals surface area contributed by atoms with Gasteiger partial charge in [0.1, 0.15) is 0 Å². The molecule has 1 radical (unpaired) electrons. The lowest BCUT2D eigenvalue weighted by molar-refractivity contribution is 0.617. The van der Waals surface area contributed by atoms with Crippen LogP contribution in [-0.4, -0.2) is 5.37 Å². The third-order valence-electron chi connectivity index (χ3n) is 1.15. The van der Waals surface area contributed by atoms with Gasteiger partial charge < -0.3 is 0 Å². The quantitative estimate of drug-likeness (QED) is 0.526. The van der Waals surface area contributed by atoms with Crippen molar-refractivity contribution in [2.45, 2.75) is 26.7 Å². The van der Waals surface area contributed by atoms with E-state index in [1.807, 2.05) is 0 Å². The maximum atomic E-state index is 4.66. The first kappa shape index (κ1) is 8.09. The fourth-order valence-corrected chi connectivity index (χ4v) is 0.954. The van der Waals surface area contributed by atoms with Crippen LogP contribution < -0.4 is 0 Å². The Bertz CT molecular complexity index is 59.4. The predicted molar refractivity (Wildman–Crippen MR) is 42.0 cm³/mol. The summed E-state index contributed by atoms with van der Waals surface area (Å²) in [7, 11) is 0. The van der Waals surface area contributed by atoms with Crippen LogP contribution in [0, 0.1) is 12.3 Å². The molecular formula is C7H13S. The fraction of sp³-hybridized carbons (Fsp3) is 0.714. The second-order valence-electron chi connectivity index (χ2n) is 2.09. The summed E-state index contributed by atoms with van der Waals surface area (Å²) in [6.45, 7) is 4.38. The van der Waals surface area contributed by atoms with E-state index in [0.717, 1.165) is 0 Å². The Morgan fingerprint density at radius 2 is 2.25 bits per heavy atom. The highest BCUT2D eigenvalue weighted by atomic mass is 32.1. The van der Waals surface area contributed by atoms with E-state index in [4.69, 9.17) is 0 Å². The molecule has 8 heavy (non-hydrogen) atoms. The van der Waals surface area contributed by atoms with E-state index in [-0.39, 0.29) is 0 Å². The van der Waals surface area contributed by atoms with E-state index in [1.165, 1.54) is 12.8 Å². The van der Waals surface area contributed by atoms with Crippen molar-refractivity contribution in [3.63, 3.8) is 0 Å². The summed E-state index contributed by atoms with van der Waals surface area (Å²) in [6, 6.07) is 0. The second-order valence-corrected chi connectivity index (χ2v) is 2.37. The summed E-state index contributed by atoms with van der Waals surface area (Å²) >= 11 is 4.66. The minimum Gasteiger partial charge on any atom is -0.0931 e. The molecule has 0 aliphatic rings. The highest BCUT2D eigenvalue weighted by Gasteiger charge is 1.95. The lowest BCUT2D eigenvalue weighted by atomic mass is 10.0. The SMILES string of the molecule is CCCC(C)[CH]C=S. The van der Waals surface area contributed by atoms with Crippen LogP contribution in [-0.2, 0) is 0 Å². The maximum absolute atomic E-state index is 4.66. The van der Waals surface area contributed by atoms with Crippen molar-refractivity contribution in [3.8, 4) is 0 Å². The molecule has 0 fully saturated rings. The smallest absolute Gasteiger partial charge is 0.00291 e. The van der Waals surface area contributed by atoms with Crippen LogP contribution in [0.5, 0.6) is 0 Å². The Morgan fingerprint density at radius 3 is 2.62 bits per heavy atom. The minimum atomic E-state index is 0.678. The van der Waals surface area contributed by atoms with Gasteiger partial charge in [-0.3, -0.25) is 0 Å². The van der Waals surface area contributed by atoms with E-state index in [0.29, 0.717) is 5.92 Å². The molecule has 0 aromatic carbocycles. The first-order valence-electron chi connectivity index (χ1n) is 3.10. The molecule has 0 spiro atoms. The van der Waals surface area contributed by atoms with Gasteiger partial charge in [-0.05, 0) is 17.7 Å². The molecule has 0 aliphatic carbocycles. The summed E-state index contributed by atoms with van der Waals surface area (Å²) in [5.41, 5.74) is 0. The van der Waals surface area contributed by atoms with E-state index >= 15 is 0 Å². The number of rotatable bonds is 4. The molecule has 0 aliphatic heterocycles. The van der Waals surface area contributed by atoms with Gasteiger partial charge in [-0.1, -0.05) is 38.9 Å². The zero-order chi connectivity index (χ0) is 6.41. The molecular weight excluding hydrogens is 116 g/mol. The molecule has 0 aromatic rings. The summed E-state index contributed by atoms with van der Waals surface area (Å²) in [4.78, 5) is 0. The van der Waals surface area contributed by atoms with Gasteiger partial charge in [-0.15, -0.1) is 0 Å². The van der Waals surface area contributed by atoms with Crippen LogP contribution in [0.4, 0.5) is 0 Å². The molecule has 0 bridgehead atoms. The van der Waals surface area contributed by atoms with E-state index < -0.39 is 0 Å².